The van der Waals surface area contributed by atoms with Crippen molar-refractivity contribution < 1.29 is 26.7 Å². The molecule has 1 amide bonds. The lowest BCUT2D eigenvalue weighted by Crippen LogP contribution is -2.43. The number of benzene rings is 2. The summed E-state index contributed by atoms with van der Waals surface area (Å²) in [5, 5.41) is 0.0268. The van der Waals surface area contributed by atoms with Crippen LogP contribution in [0.25, 0.3) is 0 Å². The van der Waals surface area contributed by atoms with Gasteiger partial charge in [-0.05, 0) is 30.3 Å². The van der Waals surface area contributed by atoms with Crippen LogP contribution in [-0.4, -0.2) is 20.9 Å². The highest BCUT2D eigenvalue weighted by Crippen LogP contribution is 2.18. The molecule has 2 aromatic rings. The SMILES string of the molecule is O=C(COc1cccc(F)c1)NNS(=O)(=O)c1ccc(Cl)cc1F. The Labute approximate surface area is 141 Å². The molecule has 0 saturated carbocycles. The summed E-state index contributed by atoms with van der Waals surface area (Å²) < 4.78 is 55.3. The number of amides is 1. The van der Waals surface area contributed by atoms with Crippen LogP contribution in [0.5, 0.6) is 5.75 Å². The Hall–Kier alpha value is -2.23. The van der Waals surface area contributed by atoms with E-state index in [4.69, 9.17) is 16.3 Å². The van der Waals surface area contributed by atoms with Gasteiger partial charge < -0.3 is 4.74 Å². The fraction of sp³-hybridized carbons (Fsp3) is 0.0714. The first kappa shape index (κ1) is 18.1. The van der Waals surface area contributed by atoms with Crippen LogP contribution >= 0.6 is 11.6 Å². The normalized spacial score (nSPS) is 11.1. The van der Waals surface area contributed by atoms with Crippen molar-refractivity contribution in [3.63, 3.8) is 0 Å². The van der Waals surface area contributed by atoms with Crippen molar-refractivity contribution >= 4 is 27.5 Å². The third-order valence-corrected chi connectivity index (χ3v) is 4.19. The van der Waals surface area contributed by atoms with E-state index < -0.39 is 39.1 Å². The number of halogens is 3. The molecule has 0 bridgehead atoms. The van der Waals surface area contributed by atoms with E-state index in [2.05, 4.69) is 0 Å². The first-order valence-corrected chi connectivity index (χ1v) is 8.28. The summed E-state index contributed by atoms with van der Waals surface area (Å²) >= 11 is 5.54. The van der Waals surface area contributed by atoms with Gasteiger partial charge in [0.25, 0.3) is 15.9 Å². The molecule has 10 heteroatoms. The molecule has 0 fully saturated rings. The molecular weight excluding hydrogens is 366 g/mol. The van der Waals surface area contributed by atoms with Gasteiger partial charge in [-0.2, -0.15) is 0 Å². The average Bonchev–Trinajstić information content (AvgIpc) is 2.51. The van der Waals surface area contributed by atoms with E-state index in [1.54, 1.807) is 4.83 Å². The Morgan fingerprint density at radius 1 is 1.17 bits per heavy atom. The number of carbonyl (C=O) groups is 1. The molecule has 0 atom stereocenters. The van der Waals surface area contributed by atoms with E-state index in [0.29, 0.717) is 0 Å². The van der Waals surface area contributed by atoms with Gasteiger partial charge in [0.2, 0.25) is 0 Å². The Kier molecular flexibility index (Phi) is 5.71. The number of rotatable bonds is 6. The molecule has 6 nitrogen and oxygen atoms in total. The van der Waals surface area contributed by atoms with Gasteiger partial charge in [-0.3, -0.25) is 10.2 Å². The topological polar surface area (TPSA) is 84.5 Å². The van der Waals surface area contributed by atoms with Crippen molar-refractivity contribution in [3.8, 4) is 5.75 Å². The standard InChI is InChI=1S/C14H11ClF2N2O4S/c15-9-4-5-13(12(17)6-9)24(21,22)19-18-14(20)8-23-11-3-1-2-10(16)7-11/h1-7,19H,8H2,(H,18,20). The molecule has 0 aliphatic carbocycles. The van der Waals surface area contributed by atoms with Crippen LogP contribution in [0.1, 0.15) is 0 Å². The minimum absolute atomic E-state index is 0.0268. The maximum absolute atomic E-state index is 13.6. The van der Waals surface area contributed by atoms with Gasteiger partial charge in [0.1, 0.15) is 22.3 Å². The van der Waals surface area contributed by atoms with E-state index in [1.165, 1.54) is 24.3 Å². The zero-order chi connectivity index (χ0) is 17.7. The first-order chi connectivity index (χ1) is 11.3. The molecule has 0 heterocycles. The van der Waals surface area contributed by atoms with Gasteiger partial charge >= 0.3 is 0 Å². The lowest BCUT2D eigenvalue weighted by Gasteiger charge is -2.10. The maximum Gasteiger partial charge on any atom is 0.272 e. The van der Waals surface area contributed by atoms with Crippen LogP contribution in [0.3, 0.4) is 0 Å². The van der Waals surface area contributed by atoms with Crippen molar-refractivity contribution in [3.05, 3.63) is 59.1 Å². The van der Waals surface area contributed by atoms with Crippen LogP contribution < -0.4 is 15.0 Å². The summed E-state index contributed by atoms with van der Waals surface area (Å²) in [6.45, 7) is -0.574. The summed E-state index contributed by atoms with van der Waals surface area (Å²) in [6.07, 6.45) is 0. The summed E-state index contributed by atoms with van der Waals surface area (Å²) in [6, 6.07) is 8.02. The smallest absolute Gasteiger partial charge is 0.272 e. The van der Waals surface area contributed by atoms with Crippen molar-refractivity contribution in [1.29, 1.82) is 0 Å². The van der Waals surface area contributed by atoms with Gasteiger partial charge in [0.15, 0.2) is 6.61 Å². The molecule has 0 saturated heterocycles. The van der Waals surface area contributed by atoms with E-state index in [-0.39, 0.29) is 10.8 Å². The molecular formula is C14H11ClF2N2O4S. The van der Waals surface area contributed by atoms with E-state index in [9.17, 15) is 22.0 Å². The Balaban J connectivity index is 1.93. The predicted octanol–water partition coefficient (Wildman–Crippen LogP) is 2.01. The molecule has 0 unspecified atom stereocenters. The van der Waals surface area contributed by atoms with Gasteiger partial charge in [-0.1, -0.05) is 17.7 Å². The lowest BCUT2D eigenvalue weighted by molar-refractivity contribution is -0.123. The third kappa shape index (κ3) is 4.88. The Morgan fingerprint density at radius 3 is 2.58 bits per heavy atom. The highest BCUT2D eigenvalue weighted by molar-refractivity contribution is 7.89. The summed E-state index contributed by atoms with van der Waals surface area (Å²) in [4.78, 5) is 12.6. The van der Waals surface area contributed by atoms with Gasteiger partial charge in [0, 0.05) is 11.1 Å². The molecule has 2 N–H and O–H groups in total. The molecule has 0 aliphatic heterocycles. The van der Waals surface area contributed by atoms with E-state index in [0.717, 1.165) is 18.2 Å². The Morgan fingerprint density at radius 2 is 1.92 bits per heavy atom. The van der Waals surface area contributed by atoms with Crippen molar-refractivity contribution in [2.75, 3.05) is 6.61 Å². The maximum atomic E-state index is 13.6. The summed E-state index contributed by atoms with van der Waals surface area (Å²) in [5.74, 6) is -2.39. The number of hydrogen-bond donors (Lipinski definition) is 2. The van der Waals surface area contributed by atoms with Crippen molar-refractivity contribution in [2.45, 2.75) is 4.90 Å². The molecule has 128 valence electrons. The summed E-state index contributed by atoms with van der Waals surface area (Å²) in [7, 11) is -4.32. The quantitative estimate of drug-likeness (QED) is 0.755. The molecule has 0 aromatic heterocycles. The number of nitrogens with one attached hydrogen (secondary N) is 2. The van der Waals surface area contributed by atoms with Crippen molar-refractivity contribution in [2.24, 2.45) is 0 Å². The van der Waals surface area contributed by atoms with Crippen LogP contribution in [0.2, 0.25) is 5.02 Å². The second-order valence-electron chi connectivity index (χ2n) is 4.47. The number of carbonyl (C=O) groups excluding carboxylic acids is 1. The van der Waals surface area contributed by atoms with Crippen LogP contribution in [0.15, 0.2) is 47.4 Å². The number of sulfonamides is 1. The Bertz CT molecular complexity index is 862. The summed E-state index contributed by atoms with van der Waals surface area (Å²) in [5.41, 5.74) is 1.85. The first-order valence-electron chi connectivity index (χ1n) is 6.42. The zero-order valence-electron chi connectivity index (χ0n) is 11.9. The minimum Gasteiger partial charge on any atom is -0.484 e. The number of ether oxygens (including phenoxy) is 1. The second-order valence-corrected chi connectivity index (χ2v) is 6.56. The van der Waals surface area contributed by atoms with Crippen LogP contribution in [-0.2, 0) is 14.8 Å². The van der Waals surface area contributed by atoms with Gasteiger partial charge in [-0.25, -0.2) is 17.2 Å². The molecule has 2 aromatic carbocycles. The lowest BCUT2D eigenvalue weighted by atomic mass is 10.3. The average molecular weight is 377 g/mol. The second kappa shape index (κ2) is 7.56. The van der Waals surface area contributed by atoms with Gasteiger partial charge in [0.05, 0.1) is 0 Å². The fourth-order valence-electron chi connectivity index (χ4n) is 1.61. The predicted molar refractivity (Wildman–Crippen MR) is 81.8 cm³/mol. The molecule has 0 aliphatic rings. The van der Waals surface area contributed by atoms with Crippen LogP contribution in [0.4, 0.5) is 8.78 Å². The van der Waals surface area contributed by atoms with Crippen LogP contribution in [0, 0.1) is 11.6 Å². The molecule has 0 radical (unpaired) electrons. The number of hydrazine groups is 1. The fourth-order valence-corrected chi connectivity index (χ4v) is 2.69. The van der Waals surface area contributed by atoms with Gasteiger partial charge in [-0.15, -0.1) is 4.83 Å². The molecule has 2 rings (SSSR count). The largest absolute Gasteiger partial charge is 0.484 e. The van der Waals surface area contributed by atoms with E-state index >= 15 is 0 Å². The number of hydrogen-bond acceptors (Lipinski definition) is 4. The monoisotopic (exact) mass is 376 g/mol. The van der Waals surface area contributed by atoms with Crippen molar-refractivity contribution in [1.82, 2.24) is 10.3 Å². The highest BCUT2D eigenvalue weighted by Gasteiger charge is 2.20. The van der Waals surface area contributed by atoms with E-state index in [1.807, 2.05) is 5.43 Å². The molecule has 0 spiro atoms. The molecule has 24 heavy (non-hydrogen) atoms. The third-order valence-electron chi connectivity index (χ3n) is 2.67. The zero-order valence-corrected chi connectivity index (χ0v) is 13.5. The highest BCUT2D eigenvalue weighted by atomic mass is 35.5. The minimum atomic E-state index is -4.32.